The van der Waals surface area contributed by atoms with Crippen molar-refractivity contribution in [2.45, 2.75) is 81.3 Å². The van der Waals surface area contributed by atoms with Gasteiger partial charge in [-0.15, -0.1) is 25.3 Å². The van der Waals surface area contributed by atoms with Crippen molar-refractivity contribution in [3.63, 3.8) is 0 Å². The molecule has 1 atom stereocenters. The van der Waals surface area contributed by atoms with Gasteiger partial charge in [0.05, 0.1) is 11.8 Å². The molecule has 1 aliphatic carbocycles. The average molecular weight is 411 g/mol. The zero-order valence-corrected chi connectivity index (χ0v) is 18.3. The van der Waals surface area contributed by atoms with E-state index in [1.807, 2.05) is 45.9 Å². The van der Waals surface area contributed by atoms with E-state index < -0.39 is 5.60 Å². The molecule has 150 valence electrons. The molecule has 0 spiro atoms. The molecule has 0 amide bonds. The molecule has 1 aromatic carbocycles. The van der Waals surface area contributed by atoms with Crippen LogP contribution in [0.4, 0.5) is 0 Å². The van der Waals surface area contributed by atoms with Gasteiger partial charge in [0.25, 0.3) is 0 Å². The largest absolute Gasteiger partial charge is 0.462 e. The molecule has 0 N–H and O–H groups in total. The summed E-state index contributed by atoms with van der Waals surface area (Å²) in [4.78, 5) is 26.2. The molecular weight excluding hydrogens is 380 g/mol. The molecule has 2 rings (SSSR count). The highest BCUT2D eigenvalue weighted by molar-refractivity contribution is 7.81. The third-order valence-corrected chi connectivity index (χ3v) is 5.77. The SMILES string of the molecule is CCC(C)C(=O)OC1CCC(C(=O)OC(C)(C)c2cc(S)cc(S)c2)CC1. The molecule has 0 saturated heterocycles. The van der Waals surface area contributed by atoms with Crippen LogP contribution in [0, 0.1) is 11.8 Å². The Hall–Kier alpha value is -1.14. The molecule has 1 fully saturated rings. The quantitative estimate of drug-likeness (QED) is 0.500. The number of rotatable bonds is 6. The van der Waals surface area contributed by atoms with Crippen molar-refractivity contribution >= 4 is 37.2 Å². The maximum Gasteiger partial charge on any atom is 0.309 e. The molecule has 0 aliphatic heterocycles. The van der Waals surface area contributed by atoms with Gasteiger partial charge in [-0.1, -0.05) is 13.8 Å². The minimum atomic E-state index is -0.757. The smallest absolute Gasteiger partial charge is 0.309 e. The second-order valence-electron chi connectivity index (χ2n) is 7.89. The van der Waals surface area contributed by atoms with E-state index >= 15 is 0 Å². The number of hydrogen-bond acceptors (Lipinski definition) is 6. The lowest BCUT2D eigenvalue weighted by atomic mass is 9.87. The fourth-order valence-electron chi connectivity index (χ4n) is 3.20. The molecule has 1 unspecified atom stereocenters. The van der Waals surface area contributed by atoms with E-state index in [2.05, 4.69) is 25.3 Å². The Balaban J connectivity index is 1.91. The maximum absolute atomic E-state index is 12.7. The number of carbonyl (C=O) groups excluding carboxylic acids is 2. The van der Waals surface area contributed by atoms with Crippen molar-refractivity contribution in [2.24, 2.45) is 11.8 Å². The summed E-state index contributed by atoms with van der Waals surface area (Å²) in [6.45, 7) is 7.60. The zero-order valence-electron chi connectivity index (χ0n) is 16.5. The minimum Gasteiger partial charge on any atom is -0.462 e. The topological polar surface area (TPSA) is 52.6 Å². The van der Waals surface area contributed by atoms with Gasteiger partial charge in [0.2, 0.25) is 0 Å². The Morgan fingerprint density at radius 3 is 2.19 bits per heavy atom. The van der Waals surface area contributed by atoms with Crippen LogP contribution in [0.3, 0.4) is 0 Å². The first-order valence-electron chi connectivity index (χ1n) is 9.59. The number of esters is 2. The summed E-state index contributed by atoms with van der Waals surface area (Å²) in [5, 5.41) is 0. The van der Waals surface area contributed by atoms with E-state index in [1.54, 1.807) is 0 Å². The third kappa shape index (κ3) is 6.18. The van der Waals surface area contributed by atoms with Gasteiger partial charge in [0.15, 0.2) is 0 Å². The molecule has 0 bridgehead atoms. The fourth-order valence-corrected chi connectivity index (χ4v) is 3.86. The van der Waals surface area contributed by atoms with Crippen LogP contribution in [-0.2, 0) is 24.7 Å². The monoisotopic (exact) mass is 410 g/mol. The van der Waals surface area contributed by atoms with Crippen molar-refractivity contribution in [3.05, 3.63) is 23.8 Å². The van der Waals surface area contributed by atoms with E-state index in [1.165, 1.54) is 0 Å². The first kappa shape index (κ1) is 22.2. The van der Waals surface area contributed by atoms with E-state index in [-0.39, 0.29) is 29.9 Å². The lowest BCUT2D eigenvalue weighted by Crippen LogP contribution is -2.34. The lowest BCUT2D eigenvalue weighted by molar-refractivity contribution is -0.166. The van der Waals surface area contributed by atoms with Crippen LogP contribution in [0.2, 0.25) is 0 Å². The van der Waals surface area contributed by atoms with E-state index in [0.717, 1.165) is 21.8 Å². The van der Waals surface area contributed by atoms with Crippen LogP contribution in [0.5, 0.6) is 0 Å². The summed E-state index contributed by atoms with van der Waals surface area (Å²) in [7, 11) is 0. The van der Waals surface area contributed by atoms with Crippen LogP contribution < -0.4 is 0 Å². The number of hydrogen-bond donors (Lipinski definition) is 2. The van der Waals surface area contributed by atoms with Crippen LogP contribution >= 0.6 is 25.3 Å². The highest BCUT2D eigenvalue weighted by Crippen LogP contribution is 2.33. The Bertz CT molecular complexity index is 659. The fraction of sp³-hybridized carbons (Fsp3) is 0.619. The second-order valence-corrected chi connectivity index (χ2v) is 8.92. The standard InChI is InChI=1S/C21H30O4S2/c1-5-13(2)19(22)24-16-8-6-14(7-9-16)20(23)25-21(3,4)15-10-17(26)12-18(27)11-15/h10-14,16,26-27H,5-9H2,1-4H3. The molecule has 4 nitrogen and oxygen atoms in total. The van der Waals surface area contributed by atoms with Gasteiger partial charge in [0.1, 0.15) is 11.7 Å². The molecular formula is C21H30O4S2. The van der Waals surface area contributed by atoms with Gasteiger partial charge >= 0.3 is 11.9 Å². The normalized spacial score (nSPS) is 21.4. The number of thiol groups is 2. The Kier molecular flexibility index (Phi) is 7.69. The predicted molar refractivity (Wildman–Crippen MR) is 111 cm³/mol. The molecule has 0 aromatic heterocycles. The number of carbonyl (C=O) groups is 2. The lowest BCUT2D eigenvalue weighted by Gasteiger charge is -2.32. The van der Waals surface area contributed by atoms with Gasteiger partial charge < -0.3 is 9.47 Å². The summed E-state index contributed by atoms with van der Waals surface area (Å²) in [6.07, 6.45) is 3.45. The summed E-state index contributed by atoms with van der Waals surface area (Å²) >= 11 is 8.75. The number of benzene rings is 1. The zero-order chi connectivity index (χ0) is 20.2. The predicted octanol–water partition coefficient (Wildman–Crippen LogP) is 5.19. The summed E-state index contributed by atoms with van der Waals surface area (Å²) in [5.41, 5.74) is 0.109. The molecule has 27 heavy (non-hydrogen) atoms. The molecule has 1 aliphatic rings. The van der Waals surface area contributed by atoms with Crippen molar-refractivity contribution in [1.29, 1.82) is 0 Å². The van der Waals surface area contributed by atoms with Crippen molar-refractivity contribution in [3.8, 4) is 0 Å². The van der Waals surface area contributed by atoms with Gasteiger partial charge in [-0.3, -0.25) is 9.59 Å². The molecule has 0 radical (unpaired) electrons. The third-order valence-electron chi connectivity index (χ3n) is 5.26. The van der Waals surface area contributed by atoms with Gasteiger partial charge in [-0.05, 0) is 69.7 Å². The van der Waals surface area contributed by atoms with E-state index in [0.29, 0.717) is 25.7 Å². The molecule has 1 aromatic rings. The van der Waals surface area contributed by atoms with Gasteiger partial charge in [-0.25, -0.2) is 0 Å². The Labute approximate surface area is 173 Å². The number of ether oxygens (including phenoxy) is 2. The minimum absolute atomic E-state index is 0.0761. The summed E-state index contributed by atoms with van der Waals surface area (Å²) in [5.74, 6) is -0.568. The van der Waals surface area contributed by atoms with Crippen LogP contribution in [-0.4, -0.2) is 18.0 Å². The molecule has 0 heterocycles. The highest BCUT2D eigenvalue weighted by atomic mass is 32.1. The first-order chi connectivity index (χ1) is 12.6. The summed E-state index contributed by atoms with van der Waals surface area (Å²) < 4.78 is 11.4. The van der Waals surface area contributed by atoms with E-state index in [9.17, 15) is 9.59 Å². The van der Waals surface area contributed by atoms with Crippen molar-refractivity contribution in [1.82, 2.24) is 0 Å². The average Bonchev–Trinajstić information content (AvgIpc) is 2.60. The summed E-state index contributed by atoms with van der Waals surface area (Å²) in [6, 6.07) is 5.62. The van der Waals surface area contributed by atoms with Crippen molar-refractivity contribution < 1.29 is 19.1 Å². The molecule has 1 saturated carbocycles. The second kappa shape index (κ2) is 9.37. The van der Waals surface area contributed by atoms with Gasteiger partial charge in [0, 0.05) is 9.79 Å². The van der Waals surface area contributed by atoms with Crippen molar-refractivity contribution in [2.75, 3.05) is 0 Å². The van der Waals surface area contributed by atoms with Gasteiger partial charge in [-0.2, -0.15) is 0 Å². The maximum atomic E-state index is 12.7. The highest BCUT2D eigenvalue weighted by Gasteiger charge is 2.34. The Morgan fingerprint density at radius 1 is 1.11 bits per heavy atom. The first-order valence-corrected chi connectivity index (χ1v) is 10.5. The van der Waals surface area contributed by atoms with E-state index in [4.69, 9.17) is 9.47 Å². The molecule has 6 heteroatoms. The Morgan fingerprint density at radius 2 is 1.67 bits per heavy atom. The van der Waals surface area contributed by atoms with Crippen LogP contribution in [0.25, 0.3) is 0 Å². The van der Waals surface area contributed by atoms with Crippen LogP contribution in [0.1, 0.15) is 65.4 Å². The van der Waals surface area contributed by atoms with Crippen LogP contribution in [0.15, 0.2) is 28.0 Å².